The van der Waals surface area contributed by atoms with Crippen LogP contribution in [0.2, 0.25) is 0 Å². The third-order valence-electron chi connectivity index (χ3n) is 5.65. The van der Waals surface area contributed by atoms with E-state index in [1.165, 1.54) is 0 Å². The van der Waals surface area contributed by atoms with Gasteiger partial charge in [0.15, 0.2) is 0 Å². The van der Waals surface area contributed by atoms with Gasteiger partial charge in [0.1, 0.15) is 5.75 Å². The average Bonchev–Trinajstić information content (AvgIpc) is 2.79. The minimum absolute atomic E-state index is 0.0794. The number of benzene rings is 3. The second-order valence-corrected chi connectivity index (χ2v) is 7.44. The van der Waals surface area contributed by atoms with Crippen LogP contribution < -0.4 is 4.74 Å². The highest BCUT2D eigenvalue weighted by atomic mass is 16.5. The second-order valence-electron chi connectivity index (χ2n) is 7.44. The van der Waals surface area contributed by atoms with Crippen LogP contribution in [0.15, 0.2) is 78.9 Å². The number of rotatable bonds is 4. The molecular formula is C25H26N2O2. The van der Waals surface area contributed by atoms with E-state index in [9.17, 15) is 4.79 Å². The summed E-state index contributed by atoms with van der Waals surface area (Å²) in [6.07, 6.45) is 0. The van der Waals surface area contributed by atoms with E-state index in [-0.39, 0.29) is 11.9 Å². The third-order valence-corrected chi connectivity index (χ3v) is 5.65. The molecule has 1 saturated heterocycles. The SMILES string of the molecule is COc1ccccc1C1CN(C(=O)c2cccc(-c3ccccc3)c2)CCN1C. The van der Waals surface area contributed by atoms with E-state index in [4.69, 9.17) is 4.74 Å². The van der Waals surface area contributed by atoms with Crippen molar-refractivity contribution < 1.29 is 9.53 Å². The molecule has 1 heterocycles. The van der Waals surface area contributed by atoms with Gasteiger partial charge in [-0.3, -0.25) is 9.69 Å². The Labute approximate surface area is 172 Å². The van der Waals surface area contributed by atoms with Crippen molar-refractivity contribution in [2.75, 3.05) is 33.8 Å². The van der Waals surface area contributed by atoms with Gasteiger partial charge in [0.2, 0.25) is 0 Å². The van der Waals surface area contributed by atoms with Gasteiger partial charge in [-0.2, -0.15) is 0 Å². The van der Waals surface area contributed by atoms with E-state index < -0.39 is 0 Å². The highest BCUT2D eigenvalue weighted by Gasteiger charge is 2.30. The van der Waals surface area contributed by atoms with Crippen molar-refractivity contribution in [2.45, 2.75) is 6.04 Å². The Morgan fingerprint density at radius 3 is 2.41 bits per heavy atom. The first-order valence-corrected chi connectivity index (χ1v) is 9.95. The molecule has 0 radical (unpaired) electrons. The number of ether oxygens (including phenoxy) is 1. The molecule has 1 atom stereocenters. The minimum atomic E-state index is 0.0794. The maximum Gasteiger partial charge on any atom is 0.253 e. The van der Waals surface area contributed by atoms with Gasteiger partial charge in [-0.1, -0.05) is 60.7 Å². The zero-order chi connectivity index (χ0) is 20.2. The van der Waals surface area contributed by atoms with Crippen molar-refractivity contribution >= 4 is 5.91 Å². The number of carbonyl (C=O) groups is 1. The van der Waals surface area contributed by atoms with Gasteiger partial charge in [0.05, 0.1) is 13.2 Å². The van der Waals surface area contributed by atoms with E-state index in [0.29, 0.717) is 6.54 Å². The van der Waals surface area contributed by atoms with E-state index in [2.05, 4.69) is 30.1 Å². The molecule has 0 N–H and O–H groups in total. The lowest BCUT2D eigenvalue weighted by Gasteiger charge is -2.40. The molecule has 148 valence electrons. The molecular weight excluding hydrogens is 360 g/mol. The summed E-state index contributed by atoms with van der Waals surface area (Å²) >= 11 is 0. The summed E-state index contributed by atoms with van der Waals surface area (Å²) in [6.45, 7) is 2.19. The van der Waals surface area contributed by atoms with Crippen LogP contribution in [0.25, 0.3) is 11.1 Å². The summed E-state index contributed by atoms with van der Waals surface area (Å²) in [4.78, 5) is 17.6. The lowest BCUT2D eigenvalue weighted by Crippen LogP contribution is -2.49. The number of amides is 1. The number of nitrogens with zero attached hydrogens (tertiary/aromatic N) is 2. The minimum Gasteiger partial charge on any atom is -0.496 e. The predicted molar refractivity (Wildman–Crippen MR) is 116 cm³/mol. The molecule has 0 aliphatic carbocycles. The molecule has 1 aliphatic rings. The standard InChI is InChI=1S/C25H26N2O2/c1-26-15-16-27(18-23(26)22-13-6-7-14-24(22)29-2)25(28)21-12-8-11-20(17-21)19-9-4-3-5-10-19/h3-14,17,23H,15-16,18H2,1-2H3. The summed E-state index contributed by atoms with van der Waals surface area (Å²) in [5.41, 5.74) is 4.03. The van der Waals surface area contributed by atoms with Gasteiger partial charge < -0.3 is 9.64 Å². The monoisotopic (exact) mass is 386 g/mol. The van der Waals surface area contributed by atoms with Gasteiger partial charge in [0, 0.05) is 30.8 Å². The topological polar surface area (TPSA) is 32.8 Å². The number of hydrogen-bond acceptors (Lipinski definition) is 3. The second kappa shape index (κ2) is 8.50. The molecule has 0 aromatic heterocycles. The number of piperazine rings is 1. The zero-order valence-corrected chi connectivity index (χ0v) is 16.9. The molecule has 0 saturated carbocycles. The van der Waals surface area contributed by atoms with Crippen molar-refractivity contribution in [2.24, 2.45) is 0 Å². The molecule has 4 nitrogen and oxygen atoms in total. The molecule has 1 amide bonds. The van der Waals surface area contributed by atoms with Gasteiger partial charge in [-0.05, 0) is 36.4 Å². The molecule has 1 unspecified atom stereocenters. The first-order valence-electron chi connectivity index (χ1n) is 9.95. The fraction of sp³-hybridized carbons (Fsp3) is 0.240. The van der Waals surface area contributed by atoms with Gasteiger partial charge in [0.25, 0.3) is 5.91 Å². The van der Waals surface area contributed by atoms with Crippen LogP contribution in [-0.4, -0.2) is 49.5 Å². The number of likely N-dealkylation sites (N-methyl/N-ethyl adjacent to an activating group) is 1. The van der Waals surface area contributed by atoms with Gasteiger partial charge in [-0.25, -0.2) is 0 Å². The highest BCUT2D eigenvalue weighted by molar-refractivity contribution is 5.95. The average molecular weight is 386 g/mol. The number of para-hydroxylation sites is 1. The van der Waals surface area contributed by atoms with Crippen molar-refractivity contribution in [3.63, 3.8) is 0 Å². The van der Waals surface area contributed by atoms with Crippen LogP contribution in [0.5, 0.6) is 5.75 Å². The Morgan fingerprint density at radius 1 is 0.897 bits per heavy atom. The lowest BCUT2D eigenvalue weighted by atomic mass is 10.00. The summed E-state index contributed by atoms with van der Waals surface area (Å²) in [5.74, 6) is 0.945. The predicted octanol–water partition coefficient (Wildman–Crippen LogP) is 4.49. The molecule has 1 fully saturated rings. The van der Waals surface area contributed by atoms with Crippen molar-refractivity contribution in [3.8, 4) is 16.9 Å². The maximum atomic E-state index is 13.3. The fourth-order valence-corrected chi connectivity index (χ4v) is 3.98. The van der Waals surface area contributed by atoms with E-state index in [1.54, 1.807) is 7.11 Å². The Morgan fingerprint density at radius 2 is 1.62 bits per heavy atom. The Hall–Kier alpha value is -3.11. The Kier molecular flexibility index (Phi) is 5.63. The summed E-state index contributed by atoms with van der Waals surface area (Å²) in [5, 5.41) is 0. The molecule has 0 spiro atoms. The van der Waals surface area contributed by atoms with Gasteiger partial charge >= 0.3 is 0 Å². The Balaban J connectivity index is 1.58. The van der Waals surface area contributed by atoms with Crippen LogP contribution in [0.1, 0.15) is 22.0 Å². The molecule has 3 aromatic rings. The third kappa shape index (κ3) is 4.03. The molecule has 1 aliphatic heterocycles. The molecule has 0 bridgehead atoms. The number of methoxy groups -OCH3 is 1. The fourth-order valence-electron chi connectivity index (χ4n) is 3.98. The summed E-state index contributed by atoms with van der Waals surface area (Å²) in [6, 6.07) is 26.3. The largest absolute Gasteiger partial charge is 0.496 e. The van der Waals surface area contributed by atoms with Crippen molar-refractivity contribution in [1.82, 2.24) is 9.80 Å². The van der Waals surface area contributed by atoms with Crippen LogP contribution in [0.3, 0.4) is 0 Å². The zero-order valence-electron chi connectivity index (χ0n) is 16.9. The quantitative estimate of drug-likeness (QED) is 0.662. The molecule has 3 aromatic carbocycles. The number of carbonyl (C=O) groups excluding carboxylic acids is 1. The van der Waals surface area contributed by atoms with E-state index in [1.807, 2.05) is 65.6 Å². The molecule has 29 heavy (non-hydrogen) atoms. The summed E-state index contributed by atoms with van der Waals surface area (Å²) in [7, 11) is 3.80. The van der Waals surface area contributed by atoms with Gasteiger partial charge in [-0.15, -0.1) is 0 Å². The highest BCUT2D eigenvalue weighted by Crippen LogP contribution is 2.32. The van der Waals surface area contributed by atoms with Crippen molar-refractivity contribution in [1.29, 1.82) is 0 Å². The van der Waals surface area contributed by atoms with Crippen LogP contribution in [0.4, 0.5) is 0 Å². The molecule has 4 heteroatoms. The Bertz CT molecular complexity index is 987. The van der Waals surface area contributed by atoms with Crippen LogP contribution in [0, 0.1) is 0 Å². The smallest absolute Gasteiger partial charge is 0.253 e. The normalized spacial score (nSPS) is 17.2. The maximum absolute atomic E-state index is 13.3. The lowest BCUT2D eigenvalue weighted by molar-refractivity contribution is 0.0542. The first-order chi connectivity index (χ1) is 14.2. The van der Waals surface area contributed by atoms with Crippen molar-refractivity contribution in [3.05, 3.63) is 90.0 Å². The van der Waals surface area contributed by atoms with Crippen LogP contribution >= 0.6 is 0 Å². The summed E-state index contributed by atoms with van der Waals surface area (Å²) < 4.78 is 5.56. The van der Waals surface area contributed by atoms with Crippen LogP contribution in [-0.2, 0) is 0 Å². The first kappa shape index (κ1) is 19.2. The number of hydrogen-bond donors (Lipinski definition) is 0. The van der Waals surface area contributed by atoms with E-state index in [0.717, 1.165) is 41.1 Å². The van der Waals surface area contributed by atoms with E-state index >= 15 is 0 Å². The molecule has 4 rings (SSSR count).